The normalized spacial score (nSPS) is 21.8. The van der Waals surface area contributed by atoms with Crippen molar-refractivity contribution in [3.05, 3.63) is 41.5 Å². The van der Waals surface area contributed by atoms with E-state index in [4.69, 9.17) is 0 Å². The molecule has 1 N–H and O–H groups in total. The molecular formula is C19H27NO2. The third-order valence-corrected chi connectivity index (χ3v) is 4.48. The summed E-state index contributed by atoms with van der Waals surface area (Å²) in [6, 6.07) is 7.13. The molecule has 1 aliphatic rings. The van der Waals surface area contributed by atoms with Gasteiger partial charge in [-0.25, -0.2) is 0 Å². The van der Waals surface area contributed by atoms with Crippen molar-refractivity contribution in [1.82, 2.24) is 4.90 Å². The van der Waals surface area contributed by atoms with Crippen molar-refractivity contribution in [2.45, 2.75) is 53.0 Å². The van der Waals surface area contributed by atoms with E-state index in [1.807, 2.05) is 17.0 Å². The third kappa shape index (κ3) is 4.62. The summed E-state index contributed by atoms with van der Waals surface area (Å²) in [5.74, 6) is 0.507. The Morgan fingerprint density at radius 3 is 2.64 bits per heavy atom. The van der Waals surface area contributed by atoms with E-state index in [9.17, 15) is 9.90 Å². The Morgan fingerprint density at radius 1 is 1.32 bits per heavy atom. The molecule has 3 heteroatoms. The van der Waals surface area contributed by atoms with Crippen LogP contribution in [0.5, 0.6) is 5.75 Å². The number of carbonyl (C=O) groups is 1. The van der Waals surface area contributed by atoms with Crippen molar-refractivity contribution in [3.63, 3.8) is 0 Å². The standard InChI is InChI=1S/C19H27NO2/c1-15(2)5-4-11-19(3)12-10-18(22)20(14-19)13-16-6-8-17(21)9-7-16/h5-9,21H,4,10-14H2,1-3H3/t19-/m0/s1. The maximum atomic E-state index is 12.2. The predicted molar refractivity (Wildman–Crippen MR) is 89.5 cm³/mol. The Hall–Kier alpha value is -1.77. The lowest BCUT2D eigenvalue weighted by Crippen LogP contribution is -2.44. The number of phenolic OH excluding ortho intramolecular Hbond substituents is 1. The highest BCUT2D eigenvalue weighted by molar-refractivity contribution is 5.77. The zero-order chi connectivity index (χ0) is 16.2. The summed E-state index contributed by atoms with van der Waals surface area (Å²) >= 11 is 0. The maximum Gasteiger partial charge on any atom is 0.222 e. The Morgan fingerprint density at radius 2 is 2.00 bits per heavy atom. The summed E-state index contributed by atoms with van der Waals surface area (Å²) in [5.41, 5.74) is 2.63. The number of rotatable bonds is 5. The van der Waals surface area contributed by atoms with Gasteiger partial charge < -0.3 is 10.0 Å². The minimum absolute atomic E-state index is 0.205. The number of carbonyl (C=O) groups excluding carboxylic acids is 1. The van der Waals surface area contributed by atoms with Gasteiger partial charge in [0.25, 0.3) is 0 Å². The molecule has 1 aromatic carbocycles. The second kappa shape index (κ2) is 6.99. The highest BCUT2D eigenvalue weighted by atomic mass is 16.3. The number of benzene rings is 1. The van der Waals surface area contributed by atoms with E-state index in [0.717, 1.165) is 31.4 Å². The van der Waals surface area contributed by atoms with Crippen LogP contribution in [0.2, 0.25) is 0 Å². The lowest BCUT2D eigenvalue weighted by Gasteiger charge is -2.40. The average Bonchev–Trinajstić information content (AvgIpc) is 2.45. The lowest BCUT2D eigenvalue weighted by molar-refractivity contribution is -0.138. The minimum Gasteiger partial charge on any atom is -0.508 e. The number of piperidine rings is 1. The van der Waals surface area contributed by atoms with Crippen LogP contribution in [-0.4, -0.2) is 22.5 Å². The Balaban J connectivity index is 1.99. The van der Waals surface area contributed by atoms with Gasteiger partial charge in [0.1, 0.15) is 5.75 Å². The Labute approximate surface area is 133 Å². The van der Waals surface area contributed by atoms with Crippen molar-refractivity contribution in [3.8, 4) is 5.75 Å². The second-order valence-electron chi connectivity index (χ2n) is 7.05. The molecule has 0 unspecified atom stereocenters. The molecule has 0 aliphatic carbocycles. The van der Waals surface area contributed by atoms with E-state index in [1.54, 1.807) is 12.1 Å². The number of nitrogens with zero attached hydrogens (tertiary/aromatic N) is 1. The van der Waals surface area contributed by atoms with Crippen LogP contribution in [-0.2, 0) is 11.3 Å². The zero-order valence-corrected chi connectivity index (χ0v) is 13.9. The molecule has 1 fully saturated rings. The number of amides is 1. The van der Waals surface area contributed by atoms with Crippen molar-refractivity contribution in [2.24, 2.45) is 5.41 Å². The van der Waals surface area contributed by atoms with Crippen LogP contribution >= 0.6 is 0 Å². The van der Waals surface area contributed by atoms with Crippen molar-refractivity contribution in [1.29, 1.82) is 0 Å². The van der Waals surface area contributed by atoms with Gasteiger partial charge >= 0.3 is 0 Å². The van der Waals surface area contributed by atoms with Gasteiger partial charge in [0.15, 0.2) is 0 Å². The zero-order valence-electron chi connectivity index (χ0n) is 13.9. The van der Waals surface area contributed by atoms with Gasteiger partial charge in [-0.1, -0.05) is 30.7 Å². The number of hydrogen-bond acceptors (Lipinski definition) is 2. The number of phenols is 1. The first-order valence-electron chi connectivity index (χ1n) is 8.07. The molecule has 2 rings (SSSR count). The summed E-state index contributed by atoms with van der Waals surface area (Å²) in [6.45, 7) is 8.01. The van der Waals surface area contributed by atoms with Crippen LogP contribution in [0.15, 0.2) is 35.9 Å². The summed E-state index contributed by atoms with van der Waals surface area (Å²) in [7, 11) is 0. The molecule has 1 aliphatic heterocycles. The van der Waals surface area contributed by atoms with Crippen LogP contribution in [0, 0.1) is 5.41 Å². The van der Waals surface area contributed by atoms with Crippen LogP contribution < -0.4 is 0 Å². The Kier molecular flexibility index (Phi) is 5.28. The summed E-state index contributed by atoms with van der Waals surface area (Å²) in [5, 5.41) is 9.35. The molecule has 0 saturated carbocycles. The molecule has 0 radical (unpaired) electrons. The van der Waals surface area contributed by atoms with Gasteiger partial charge in [-0.05, 0) is 56.2 Å². The van der Waals surface area contributed by atoms with Crippen molar-refractivity contribution < 1.29 is 9.90 Å². The van der Waals surface area contributed by atoms with E-state index in [2.05, 4.69) is 26.8 Å². The van der Waals surface area contributed by atoms with Crippen molar-refractivity contribution >= 4 is 5.91 Å². The molecule has 1 saturated heterocycles. The molecular weight excluding hydrogens is 274 g/mol. The molecule has 0 spiro atoms. The number of likely N-dealkylation sites (tertiary alicyclic amines) is 1. The maximum absolute atomic E-state index is 12.2. The fourth-order valence-electron chi connectivity index (χ4n) is 3.07. The van der Waals surface area contributed by atoms with Gasteiger partial charge in [0.2, 0.25) is 5.91 Å². The first-order valence-corrected chi connectivity index (χ1v) is 8.07. The van der Waals surface area contributed by atoms with Crippen molar-refractivity contribution in [2.75, 3.05) is 6.54 Å². The molecule has 1 atom stereocenters. The number of hydrogen-bond donors (Lipinski definition) is 1. The number of allylic oxidation sites excluding steroid dienone is 2. The first kappa shape index (κ1) is 16.6. The molecule has 1 aromatic rings. The molecule has 1 amide bonds. The monoisotopic (exact) mass is 301 g/mol. The van der Waals surface area contributed by atoms with Crippen LogP contribution in [0.3, 0.4) is 0 Å². The SMILES string of the molecule is CC(C)=CCC[C@@]1(C)CCC(=O)N(Cc2ccc(O)cc2)C1. The van der Waals surface area contributed by atoms with E-state index < -0.39 is 0 Å². The fraction of sp³-hybridized carbons (Fsp3) is 0.526. The topological polar surface area (TPSA) is 40.5 Å². The molecule has 1 heterocycles. The quantitative estimate of drug-likeness (QED) is 0.825. The van der Waals surface area contributed by atoms with Gasteiger partial charge in [0, 0.05) is 19.5 Å². The smallest absolute Gasteiger partial charge is 0.222 e. The summed E-state index contributed by atoms with van der Waals surface area (Å²) in [4.78, 5) is 14.2. The number of aromatic hydroxyl groups is 1. The second-order valence-corrected chi connectivity index (χ2v) is 7.05. The molecule has 0 aromatic heterocycles. The summed E-state index contributed by atoms with van der Waals surface area (Å²) in [6.07, 6.45) is 6.11. The van der Waals surface area contributed by atoms with E-state index >= 15 is 0 Å². The molecule has 0 bridgehead atoms. The third-order valence-electron chi connectivity index (χ3n) is 4.48. The largest absolute Gasteiger partial charge is 0.508 e. The highest BCUT2D eigenvalue weighted by Gasteiger charge is 2.34. The van der Waals surface area contributed by atoms with Gasteiger partial charge in [-0.2, -0.15) is 0 Å². The predicted octanol–water partition coefficient (Wildman–Crippen LogP) is 4.27. The van der Waals surface area contributed by atoms with Gasteiger partial charge in [-0.15, -0.1) is 0 Å². The summed E-state index contributed by atoms with van der Waals surface area (Å²) < 4.78 is 0. The molecule has 22 heavy (non-hydrogen) atoms. The van der Waals surface area contributed by atoms with Crippen LogP contribution in [0.25, 0.3) is 0 Å². The van der Waals surface area contributed by atoms with Crippen LogP contribution in [0.1, 0.15) is 52.0 Å². The lowest BCUT2D eigenvalue weighted by atomic mass is 9.77. The van der Waals surface area contributed by atoms with Gasteiger partial charge in [0.05, 0.1) is 0 Å². The Bertz CT molecular complexity index is 543. The van der Waals surface area contributed by atoms with E-state index in [-0.39, 0.29) is 17.1 Å². The van der Waals surface area contributed by atoms with Gasteiger partial charge in [-0.3, -0.25) is 4.79 Å². The molecule has 3 nitrogen and oxygen atoms in total. The van der Waals surface area contributed by atoms with E-state index in [1.165, 1.54) is 5.57 Å². The highest BCUT2D eigenvalue weighted by Crippen LogP contribution is 2.35. The van der Waals surface area contributed by atoms with Crippen LogP contribution in [0.4, 0.5) is 0 Å². The fourth-order valence-corrected chi connectivity index (χ4v) is 3.07. The molecule has 120 valence electrons. The van der Waals surface area contributed by atoms with E-state index in [0.29, 0.717) is 13.0 Å². The first-order chi connectivity index (χ1) is 10.4. The minimum atomic E-state index is 0.205. The average molecular weight is 301 g/mol.